The minimum Gasteiger partial charge on any atom is -0.394 e. The first-order chi connectivity index (χ1) is 6.25. The van der Waals surface area contributed by atoms with E-state index < -0.39 is 0 Å². The first-order valence-corrected chi connectivity index (χ1v) is 4.57. The van der Waals surface area contributed by atoms with Gasteiger partial charge < -0.3 is 4.42 Å². The third-order valence-electron chi connectivity index (χ3n) is 1.65. The molecular formula is C9H7NO2S. The molecule has 0 aliphatic heterocycles. The Labute approximate surface area is 78.8 Å². The molecular weight excluding hydrogens is 186 g/mol. The van der Waals surface area contributed by atoms with E-state index in [2.05, 4.69) is 4.37 Å². The zero-order valence-electron chi connectivity index (χ0n) is 6.98. The van der Waals surface area contributed by atoms with Gasteiger partial charge in [-0.3, -0.25) is 0 Å². The molecule has 0 spiro atoms. The lowest BCUT2D eigenvalue weighted by Gasteiger charge is -1.94. The van der Waals surface area contributed by atoms with Gasteiger partial charge in [0.2, 0.25) is 5.89 Å². The first-order valence-electron chi connectivity index (χ1n) is 3.79. The fourth-order valence-electron chi connectivity index (χ4n) is 1.08. The van der Waals surface area contributed by atoms with Crippen molar-refractivity contribution in [2.75, 3.05) is 0 Å². The number of hydrogen-bond donors (Lipinski definition) is 0. The lowest BCUT2D eigenvalue weighted by atomic mass is 10.1. The SMILES string of the molecule is Cc1cccc(-c2nsc(=O)o2)c1. The van der Waals surface area contributed by atoms with Crippen LogP contribution in [0.5, 0.6) is 0 Å². The van der Waals surface area contributed by atoms with Crippen molar-refractivity contribution >= 4 is 11.5 Å². The zero-order valence-corrected chi connectivity index (χ0v) is 7.80. The van der Waals surface area contributed by atoms with Crippen LogP contribution in [0.1, 0.15) is 5.56 Å². The van der Waals surface area contributed by atoms with Crippen LogP contribution in [0.2, 0.25) is 0 Å². The average Bonchev–Trinajstić information content (AvgIpc) is 2.52. The van der Waals surface area contributed by atoms with Gasteiger partial charge in [-0.1, -0.05) is 17.7 Å². The molecule has 1 aromatic heterocycles. The van der Waals surface area contributed by atoms with Crippen LogP contribution in [0, 0.1) is 6.92 Å². The highest BCUT2D eigenvalue weighted by Crippen LogP contribution is 2.17. The van der Waals surface area contributed by atoms with E-state index in [1.54, 1.807) is 0 Å². The van der Waals surface area contributed by atoms with Gasteiger partial charge in [0.1, 0.15) is 0 Å². The zero-order chi connectivity index (χ0) is 9.26. The predicted molar refractivity (Wildman–Crippen MR) is 50.8 cm³/mol. The van der Waals surface area contributed by atoms with Gasteiger partial charge in [-0.2, -0.15) is 0 Å². The Morgan fingerprint density at radius 2 is 2.31 bits per heavy atom. The maximum atomic E-state index is 10.7. The maximum Gasteiger partial charge on any atom is 0.414 e. The maximum absolute atomic E-state index is 10.7. The lowest BCUT2D eigenvalue weighted by molar-refractivity contribution is 0.543. The lowest BCUT2D eigenvalue weighted by Crippen LogP contribution is -1.82. The largest absolute Gasteiger partial charge is 0.414 e. The molecule has 13 heavy (non-hydrogen) atoms. The minimum atomic E-state index is -0.364. The molecule has 1 heterocycles. The molecule has 0 saturated heterocycles. The predicted octanol–water partition coefficient (Wildman–Crippen LogP) is 2.07. The molecule has 0 N–H and O–H groups in total. The summed E-state index contributed by atoms with van der Waals surface area (Å²) in [6.07, 6.45) is 0. The second kappa shape index (κ2) is 3.14. The number of benzene rings is 1. The molecule has 3 nitrogen and oxygen atoms in total. The van der Waals surface area contributed by atoms with E-state index >= 15 is 0 Å². The molecule has 66 valence electrons. The number of rotatable bonds is 1. The molecule has 1 aromatic carbocycles. The fraction of sp³-hybridized carbons (Fsp3) is 0.111. The number of hydrogen-bond acceptors (Lipinski definition) is 4. The summed E-state index contributed by atoms with van der Waals surface area (Å²) >= 11 is 0.833. The Morgan fingerprint density at radius 3 is 2.92 bits per heavy atom. The van der Waals surface area contributed by atoms with Crippen molar-refractivity contribution in [1.82, 2.24) is 4.37 Å². The minimum absolute atomic E-state index is 0.364. The molecule has 0 atom stereocenters. The van der Waals surface area contributed by atoms with Crippen LogP contribution in [-0.4, -0.2) is 4.37 Å². The second-order valence-electron chi connectivity index (χ2n) is 2.71. The van der Waals surface area contributed by atoms with Crippen molar-refractivity contribution in [2.24, 2.45) is 0 Å². The van der Waals surface area contributed by atoms with Gasteiger partial charge in [-0.15, -0.1) is 4.37 Å². The topological polar surface area (TPSA) is 43.1 Å². The van der Waals surface area contributed by atoms with Crippen LogP contribution < -0.4 is 4.94 Å². The highest BCUT2D eigenvalue weighted by atomic mass is 32.1. The molecule has 0 aliphatic carbocycles. The van der Waals surface area contributed by atoms with Gasteiger partial charge in [0.15, 0.2) is 0 Å². The van der Waals surface area contributed by atoms with E-state index in [9.17, 15) is 4.79 Å². The summed E-state index contributed by atoms with van der Waals surface area (Å²) in [6, 6.07) is 7.68. The quantitative estimate of drug-likeness (QED) is 0.696. The van der Waals surface area contributed by atoms with Crippen LogP contribution in [0.3, 0.4) is 0 Å². The van der Waals surface area contributed by atoms with Crippen LogP contribution in [-0.2, 0) is 0 Å². The van der Waals surface area contributed by atoms with E-state index in [-0.39, 0.29) is 4.94 Å². The summed E-state index contributed by atoms with van der Waals surface area (Å²) in [4.78, 5) is 10.4. The summed E-state index contributed by atoms with van der Waals surface area (Å²) in [5.41, 5.74) is 1.96. The highest BCUT2D eigenvalue weighted by Gasteiger charge is 2.04. The summed E-state index contributed by atoms with van der Waals surface area (Å²) in [6.45, 7) is 1.98. The van der Waals surface area contributed by atoms with Gasteiger partial charge in [0.05, 0.1) is 11.5 Å². The Hall–Kier alpha value is -1.42. The van der Waals surface area contributed by atoms with Crippen molar-refractivity contribution in [3.05, 3.63) is 39.6 Å². The summed E-state index contributed by atoms with van der Waals surface area (Å²) in [5, 5.41) is 0. The molecule has 0 amide bonds. The monoisotopic (exact) mass is 193 g/mol. The molecule has 0 unspecified atom stereocenters. The Morgan fingerprint density at radius 1 is 1.46 bits per heavy atom. The van der Waals surface area contributed by atoms with Crippen molar-refractivity contribution in [1.29, 1.82) is 0 Å². The smallest absolute Gasteiger partial charge is 0.394 e. The molecule has 0 aliphatic rings. The van der Waals surface area contributed by atoms with Crippen molar-refractivity contribution in [3.63, 3.8) is 0 Å². The molecule has 0 bridgehead atoms. The standard InChI is InChI=1S/C9H7NO2S/c1-6-3-2-4-7(5-6)8-10-13-9(11)12-8/h2-5H,1H3. The molecule has 0 fully saturated rings. The Bertz CT molecular complexity index is 472. The summed E-state index contributed by atoms with van der Waals surface area (Å²) < 4.78 is 8.77. The van der Waals surface area contributed by atoms with Crippen LogP contribution in [0.25, 0.3) is 11.5 Å². The first kappa shape index (κ1) is 8.19. The van der Waals surface area contributed by atoms with Crippen molar-refractivity contribution in [3.8, 4) is 11.5 Å². The van der Waals surface area contributed by atoms with Gasteiger partial charge in [-0.25, -0.2) is 4.79 Å². The van der Waals surface area contributed by atoms with Gasteiger partial charge in [0.25, 0.3) is 0 Å². The van der Waals surface area contributed by atoms with E-state index in [1.807, 2.05) is 31.2 Å². The van der Waals surface area contributed by atoms with Crippen LogP contribution in [0.4, 0.5) is 0 Å². The fourth-order valence-corrected chi connectivity index (χ4v) is 1.50. The third-order valence-corrected chi connectivity index (χ3v) is 2.14. The normalized spacial score (nSPS) is 10.2. The van der Waals surface area contributed by atoms with Gasteiger partial charge in [0, 0.05) is 5.56 Å². The number of nitrogens with zero attached hydrogens (tertiary/aromatic N) is 1. The Kier molecular flexibility index (Phi) is 1.98. The van der Waals surface area contributed by atoms with Crippen LogP contribution >= 0.6 is 11.5 Å². The number of aryl methyl sites for hydroxylation is 1. The second-order valence-corrected chi connectivity index (χ2v) is 3.41. The highest BCUT2D eigenvalue weighted by molar-refractivity contribution is 7.02. The van der Waals surface area contributed by atoms with Gasteiger partial charge >= 0.3 is 4.94 Å². The van der Waals surface area contributed by atoms with Crippen molar-refractivity contribution < 1.29 is 4.42 Å². The molecule has 4 heteroatoms. The van der Waals surface area contributed by atoms with Crippen molar-refractivity contribution in [2.45, 2.75) is 6.92 Å². The van der Waals surface area contributed by atoms with E-state index in [0.29, 0.717) is 5.89 Å². The van der Waals surface area contributed by atoms with Crippen LogP contribution in [0.15, 0.2) is 33.5 Å². The summed E-state index contributed by atoms with van der Waals surface area (Å²) in [5.74, 6) is 0.402. The van der Waals surface area contributed by atoms with E-state index in [0.717, 1.165) is 22.7 Å². The average molecular weight is 193 g/mol. The van der Waals surface area contributed by atoms with E-state index in [4.69, 9.17) is 4.42 Å². The van der Waals surface area contributed by atoms with E-state index in [1.165, 1.54) is 0 Å². The molecule has 2 rings (SSSR count). The molecule has 2 aromatic rings. The molecule has 0 saturated carbocycles. The molecule has 0 radical (unpaired) electrons. The Balaban J connectivity index is 2.52. The van der Waals surface area contributed by atoms with Gasteiger partial charge in [-0.05, 0) is 19.1 Å². The summed E-state index contributed by atoms with van der Waals surface area (Å²) in [7, 11) is 0. The third kappa shape index (κ3) is 1.67. The number of aromatic nitrogens is 1.